The molecule has 0 saturated heterocycles. The van der Waals surface area contributed by atoms with E-state index < -0.39 is 0 Å². The average molecular weight is 400 g/mol. The number of hydrogen-bond acceptors (Lipinski definition) is 4. The van der Waals surface area contributed by atoms with E-state index in [1.54, 1.807) is 18.3 Å². The molecule has 0 bridgehead atoms. The highest BCUT2D eigenvalue weighted by molar-refractivity contribution is 6.06. The Morgan fingerprint density at radius 1 is 1.10 bits per heavy atom. The van der Waals surface area contributed by atoms with Crippen molar-refractivity contribution in [1.82, 2.24) is 20.1 Å². The molecule has 152 valence electrons. The maximum absolute atomic E-state index is 13.0. The lowest BCUT2D eigenvalue weighted by molar-refractivity contribution is 0.0955. The van der Waals surface area contributed by atoms with Gasteiger partial charge >= 0.3 is 0 Å². The summed E-state index contributed by atoms with van der Waals surface area (Å²) in [6, 6.07) is 18.8. The number of aromatic nitrogens is 3. The molecule has 2 aromatic heterocycles. The van der Waals surface area contributed by atoms with E-state index in [1.165, 1.54) is 0 Å². The SMILES string of the molecule is CCn1ncc2c(C(=O)NCCCc3ccc(O)cc3)cc(-c3ccccc3)nc21. The molecule has 2 N–H and O–H groups in total. The van der Waals surface area contributed by atoms with Gasteiger partial charge in [-0.1, -0.05) is 42.5 Å². The van der Waals surface area contributed by atoms with Crippen LogP contribution in [0.15, 0.2) is 66.9 Å². The van der Waals surface area contributed by atoms with E-state index in [0.717, 1.165) is 35.0 Å². The van der Waals surface area contributed by atoms with Crippen LogP contribution in [0.3, 0.4) is 0 Å². The van der Waals surface area contributed by atoms with Crippen LogP contribution in [0.25, 0.3) is 22.3 Å². The largest absolute Gasteiger partial charge is 0.508 e. The molecule has 0 unspecified atom stereocenters. The Morgan fingerprint density at radius 3 is 2.60 bits per heavy atom. The Morgan fingerprint density at radius 2 is 1.87 bits per heavy atom. The Bertz CT molecular complexity index is 1150. The highest BCUT2D eigenvalue weighted by Crippen LogP contribution is 2.25. The van der Waals surface area contributed by atoms with Gasteiger partial charge in [-0.2, -0.15) is 5.10 Å². The number of carbonyl (C=O) groups excluding carboxylic acids is 1. The van der Waals surface area contributed by atoms with Gasteiger partial charge in [0, 0.05) is 18.7 Å². The number of phenols is 1. The predicted octanol–water partition coefficient (Wildman–Crippen LogP) is 4.19. The summed E-state index contributed by atoms with van der Waals surface area (Å²) in [6.45, 7) is 3.25. The van der Waals surface area contributed by atoms with E-state index in [9.17, 15) is 9.90 Å². The third-order valence-electron chi connectivity index (χ3n) is 5.09. The standard InChI is InChI=1S/C24H24N4O2/c1-2-28-23-21(16-26-28)20(15-22(27-23)18-8-4-3-5-9-18)24(30)25-14-6-7-17-10-12-19(29)13-11-17/h3-5,8-13,15-16,29H,2,6-7,14H2,1H3,(H,25,30). The smallest absolute Gasteiger partial charge is 0.252 e. The molecule has 0 spiro atoms. The molecule has 1 amide bonds. The zero-order valence-corrected chi connectivity index (χ0v) is 16.9. The van der Waals surface area contributed by atoms with Gasteiger partial charge in [-0.05, 0) is 43.5 Å². The number of rotatable bonds is 7. The third kappa shape index (κ3) is 4.17. The molecule has 0 aliphatic carbocycles. The minimum Gasteiger partial charge on any atom is -0.508 e. The van der Waals surface area contributed by atoms with Crippen molar-refractivity contribution in [3.8, 4) is 17.0 Å². The van der Waals surface area contributed by atoms with Gasteiger partial charge in [-0.25, -0.2) is 9.67 Å². The number of benzene rings is 2. The van der Waals surface area contributed by atoms with Crippen molar-refractivity contribution in [3.63, 3.8) is 0 Å². The molecule has 30 heavy (non-hydrogen) atoms. The first kappa shape index (κ1) is 19.6. The van der Waals surface area contributed by atoms with Crippen LogP contribution in [-0.4, -0.2) is 32.3 Å². The summed E-state index contributed by atoms with van der Waals surface area (Å²) in [4.78, 5) is 17.7. The van der Waals surface area contributed by atoms with Gasteiger partial charge < -0.3 is 10.4 Å². The van der Waals surface area contributed by atoms with E-state index >= 15 is 0 Å². The predicted molar refractivity (Wildman–Crippen MR) is 117 cm³/mol. The summed E-state index contributed by atoms with van der Waals surface area (Å²) in [5.41, 5.74) is 4.15. The van der Waals surface area contributed by atoms with Crippen LogP contribution in [0, 0.1) is 0 Å². The topological polar surface area (TPSA) is 80.0 Å². The Kier molecular flexibility index (Phi) is 5.75. The van der Waals surface area contributed by atoms with E-state index in [2.05, 4.69) is 10.4 Å². The Balaban J connectivity index is 1.53. The van der Waals surface area contributed by atoms with Gasteiger partial charge in [0.1, 0.15) is 5.75 Å². The molecule has 0 aliphatic heterocycles. The number of pyridine rings is 1. The van der Waals surface area contributed by atoms with E-state index in [-0.39, 0.29) is 11.7 Å². The van der Waals surface area contributed by atoms with Crippen LogP contribution in [-0.2, 0) is 13.0 Å². The van der Waals surface area contributed by atoms with Crippen molar-refractivity contribution in [3.05, 3.63) is 78.0 Å². The second-order valence-corrected chi connectivity index (χ2v) is 7.14. The zero-order chi connectivity index (χ0) is 20.9. The lowest BCUT2D eigenvalue weighted by atomic mass is 10.1. The molecule has 6 nitrogen and oxygen atoms in total. The number of nitrogens with one attached hydrogen (secondary N) is 1. The highest BCUT2D eigenvalue weighted by Gasteiger charge is 2.17. The molecule has 0 saturated carbocycles. The monoisotopic (exact) mass is 400 g/mol. The van der Waals surface area contributed by atoms with Crippen molar-refractivity contribution in [1.29, 1.82) is 0 Å². The summed E-state index contributed by atoms with van der Waals surface area (Å²) in [7, 11) is 0. The fourth-order valence-electron chi connectivity index (χ4n) is 3.48. The van der Waals surface area contributed by atoms with Gasteiger partial charge in [-0.15, -0.1) is 0 Å². The number of hydrogen-bond donors (Lipinski definition) is 2. The van der Waals surface area contributed by atoms with Crippen LogP contribution in [0.4, 0.5) is 0 Å². The van der Waals surface area contributed by atoms with Crippen LogP contribution in [0.5, 0.6) is 5.75 Å². The summed E-state index contributed by atoms with van der Waals surface area (Å²) < 4.78 is 1.81. The normalized spacial score (nSPS) is 11.0. The summed E-state index contributed by atoms with van der Waals surface area (Å²) in [5, 5.41) is 17.5. The molecule has 4 aromatic rings. The highest BCUT2D eigenvalue weighted by atomic mass is 16.3. The first-order chi connectivity index (χ1) is 14.7. The molecule has 0 fully saturated rings. The van der Waals surface area contributed by atoms with Gasteiger partial charge in [0.2, 0.25) is 0 Å². The van der Waals surface area contributed by atoms with Gasteiger partial charge in [-0.3, -0.25) is 4.79 Å². The Labute approximate surface area is 175 Å². The Hall–Kier alpha value is -3.67. The fourth-order valence-corrected chi connectivity index (χ4v) is 3.48. The maximum Gasteiger partial charge on any atom is 0.252 e. The van der Waals surface area contributed by atoms with Gasteiger partial charge in [0.05, 0.1) is 22.8 Å². The third-order valence-corrected chi connectivity index (χ3v) is 5.09. The lowest BCUT2D eigenvalue weighted by Gasteiger charge is -2.09. The van der Waals surface area contributed by atoms with Gasteiger partial charge in [0.25, 0.3) is 5.91 Å². The number of aromatic hydroxyl groups is 1. The quantitative estimate of drug-likeness (QED) is 0.456. The fraction of sp³-hybridized carbons (Fsp3) is 0.208. The van der Waals surface area contributed by atoms with Crippen LogP contribution in [0.1, 0.15) is 29.3 Å². The number of carbonyl (C=O) groups is 1. The number of fused-ring (bicyclic) bond motifs is 1. The molecule has 6 heteroatoms. The van der Waals surface area contributed by atoms with Crippen molar-refractivity contribution in [2.45, 2.75) is 26.3 Å². The molecular weight excluding hydrogens is 376 g/mol. The second-order valence-electron chi connectivity index (χ2n) is 7.14. The molecule has 0 aliphatic rings. The van der Waals surface area contributed by atoms with Crippen LogP contribution >= 0.6 is 0 Å². The molecule has 0 radical (unpaired) electrons. The van der Waals surface area contributed by atoms with Crippen LogP contribution in [0.2, 0.25) is 0 Å². The minimum atomic E-state index is -0.124. The van der Waals surface area contributed by atoms with E-state index in [4.69, 9.17) is 4.98 Å². The van der Waals surface area contributed by atoms with Crippen molar-refractivity contribution >= 4 is 16.9 Å². The molecule has 0 atom stereocenters. The number of nitrogens with zero attached hydrogens (tertiary/aromatic N) is 3. The first-order valence-electron chi connectivity index (χ1n) is 10.1. The number of aryl methyl sites for hydroxylation is 2. The number of phenolic OH excluding ortho intramolecular Hbond substituents is 1. The second kappa shape index (κ2) is 8.78. The number of amides is 1. The molecule has 2 heterocycles. The van der Waals surface area contributed by atoms with Gasteiger partial charge in [0.15, 0.2) is 5.65 Å². The lowest BCUT2D eigenvalue weighted by Crippen LogP contribution is -2.25. The average Bonchev–Trinajstić information content (AvgIpc) is 3.21. The van der Waals surface area contributed by atoms with Crippen molar-refractivity contribution in [2.24, 2.45) is 0 Å². The minimum absolute atomic E-state index is 0.124. The maximum atomic E-state index is 13.0. The van der Waals surface area contributed by atoms with Crippen molar-refractivity contribution in [2.75, 3.05) is 6.54 Å². The zero-order valence-electron chi connectivity index (χ0n) is 16.9. The van der Waals surface area contributed by atoms with E-state index in [0.29, 0.717) is 24.3 Å². The summed E-state index contributed by atoms with van der Waals surface area (Å²) in [6.07, 6.45) is 3.35. The molecule has 2 aromatic carbocycles. The summed E-state index contributed by atoms with van der Waals surface area (Å²) in [5.74, 6) is 0.136. The molecule has 4 rings (SSSR count). The molecular formula is C24H24N4O2. The van der Waals surface area contributed by atoms with Crippen LogP contribution < -0.4 is 5.32 Å². The van der Waals surface area contributed by atoms with Crippen molar-refractivity contribution < 1.29 is 9.90 Å². The van der Waals surface area contributed by atoms with E-state index in [1.807, 2.05) is 60.1 Å². The summed E-state index contributed by atoms with van der Waals surface area (Å²) >= 11 is 0. The first-order valence-corrected chi connectivity index (χ1v) is 10.1.